The van der Waals surface area contributed by atoms with Crippen molar-refractivity contribution in [1.82, 2.24) is 5.32 Å². The van der Waals surface area contributed by atoms with Gasteiger partial charge in [0.15, 0.2) is 0 Å². The summed E-state index contributed by atoms with van der Waals surface area (Å²) in [6.07, 6.45) is 0. The predicted molar refractivity (Wildman–Crippen MR) is 76.6 cm³/mol. The minimum absolute atomic E-state index is 0.0167. The Balaban J connectivity index is 2.66. The largest absolute Gasteiger partial charge is 0.399 e. The van der Waals surface area contributed by atoms with Crippen LogP contribution >= 0.6 is 0 Å². The first-order chi connectivity index (χ1) is 8.19. The third-order valence-corrected chi connectivity index (χ3v) is 2.54. The van der Waals surface area contributed by atoms with Crippen molar-refractivity contribution in [3.8, 4) is 0 Å². The Hall–Kier alpha value is -1.71. The second-order valence-electron chi connectivity index (χ2n) is 5.68. The van der Waals surface area contributed by atoms with Crippen LogP contribution in [0.15, 0.2) is 18.2 Å². The molecule has 0 bridgehead atoms. The van der Waals surface area contributed by atoms with Gasteiger partial charge in [-0.25, -0.2) is 0 Å². The summed E-state index contributed by atoms with van der Waals surface area (Å²) < 4.78 is 0. The van der Waals surface area contributed by atoms with Gasteiger partial charge in [-0.15, -0.1) is 0 Å². The summed E-state index contributed by atoms with van der Waals surface area (Å²) in [6.45, 7) is 9.67. The number of rotatable bonds is 3. The van der Waals surface area contributed by atoms with Gasteiger partial charge in [0, 0.05) is 16.9 Å². The number of nitrogens with two attached hydrogens (primary N) is 1. The molecule has 1 rings (SSSR count). The van der Waals surface area contributed by atoms with Crippen LogP contribution in [0.25, 0.3) is 0 Å². The second-order valence-corrected chi connectivity index (χ2v) is 5.68. The van der Waals surface area contributed by atoms with Crippen LogP contribution in [0.4, 0.5) is 11.4 Å². The van der Waals surface area contributed by atoms with Crippen molar-refractivity contribution in [2.75, 3.05) is 11.1 Å². The molecule has 0 radical (unpaired) electrons. The van der Waals surface area contributed by atoms with Crippen molar-refractivity contribution in [3.05, 3.63) is 23.8 Å². The Bertz CT molecular complexity index is 435. The van der Waals surface area contributed by atoms with E-state index in [-0.39, 0.29) is 17.5 Å². The van der Waals surface area contributed by atoms with Crippen molar-refractivity contribution in [1.29, 1.82) is 0 Å². The number of carbonyl (C=O) groups excluding carboxylic acids is 1. The molecule has 0 spiro atoms. The van der Waals surface area contributed by atoms with Crippen LogP contribution in [0.5, 0.6) is 0 Å². The third-order valence-electron chi connectivity index (χ3n) is 2.54. The Morgan fingerprint density at radius 3 is 2.44 bits per heavy atom. The fourth-order valence-electron chi connectivity index (χ4n) is 1.56. The molecule has 4 N–H and O–H groups in total. The van der Waals surface area contributed by atoms with E-state index in [0.29, 0.717) is 0 Å². The van der Waals surface area contributed by atoms with Gasteiger partial charge in [0.05, 0.1) is 0 Å². The van der Waals surface area contributed by atoms with E-state index in [1.165, 1.54) is 0 Å². The highest BCUT2D eigenvalue weighted by atomic mass is 16.2. The maximum absolute atomic E-state index is 11.9. The molecule has 0 heterocycles. The number of nitrogens with one attached hydrogen (secondary N) is 2. The van der Waals surface area contributed by atoms with E-state index in [1.54, 1.807) is 0 Å². The highest BCUT2D eigenvalue weighted by Gasteiger charge is 2.18. The van der Waals surface area contributed by atoms with E-state index < -0.39 is 0 Å². The molecule has 1 atom stereocenters. The molecule has 0 saturated heterocycles. The molecule has 4 nitrogen and oxygen atoms in total. The lowest BCUT2D eigenvalue weighted by atomic mass is 10.1. The van der Waals surface area contributed by atoms with Crippen LogP contribution in [-0.4, -0.2) is 17.5 Å². The summed E-state index contributed by atoms with van der Waals surface area (Å²) in [5, 5.41) is 6.10. The van der Waals surface area contributed by atoms with Crippen molar-refractivity contribution >= 4 is 17.3 Å². The maximum atomic E-state index is 11.9. The Kier molecular flexibility index (Phi) is 4.22. The van der Waals surface area contributed by atoms with Crippen molar-refractivity contribution in [3.63, 3.8) is 0 Å². The molecular formula is C14H23N3O. The Labute approximate surface area is 109 Å². The summed E-state index contributed by atoms with van der Waals surface area (Å²) >= 11 is 0. The van der Waals surface area contributed by atoms with Gasteiger partial charge in [-0.1, -0.05) is 0 Å². The van der Waals surface area contributed by atoms with E-state index in [2.05, 4.69) is 10.6 Å². The molecule has 100 valence electrons. The van der Waals surface area contributed by atoms with Crippen LogP contribution in [0, 0.1) is 6.92 Å². The van der Waals surface area contributed by atoms with E-state index in [1.807, 2.05) is 52.8 Å². The van der Waals surface area contributed by atoms with Crippen LogP contribution in [-0.2, 0) is 4.79 Å². The van der Waals surface area contributed by atoms with Gasteiger partial charge < -0.3 is 16.4 Å². The SMILES string of the molecule is Cc1cc(NC(C)C(=O)NC(C)(C)C)ccc1N. The van der Waals surface area contributed by atoms with E-state index >= 15 is 0 Å². The lowest BCUT2D eigenvalue weighted by molar-refractivity contribution is -0.122. The summed E-state index contributed by atoms with van der Waals surface area (Å²) in [5.41, 5.74) is 8.20. The monoisotopic (exact) mass is 249 g/mol. The topological polar surface area (TPSA) is 67.2 Å². The molecular weight excluding hydrogens is 226 g/mol. The summed E-state index contributed by atoms with van der Waals surface area (Å²) in [7, 11) is 0. The van der Waals surface area contributed by atoms with Gasteiger partial charge in [0.1, 0.15) is 6.04 Å². The normalized spacial score (nSPS) is 12.9. The summed E-state index contributed by atoms with van der Waals surface area (Å²) in [6, 6.07) is 5.37. The number of anilines is 2. The Morgan fingerprint density at radius 2 is 1.94 bits per heavy atom. The smallest absolute Gasteiger partial charge is 0.242 e. The average Bonchev–Trinajstić information content (AvgIpc) is 2.21. The minimum Gasteiger partial charge on any atom is -0.399 e. The predicted octanol–water partition coefficient (Wildman–Crippen LogP) is 2.29. The fourth-order valence-corrected chi connectivity index (χ4v) is 1.56. The van der Waals surface area contributed by atoms with Crippen molar-refractivity contribution in [2.24, 2.45) is 0 Å². The van der Waals surface area contributed by atoms with Crippen LogP contribution in [0.3, 0.4) is 0 Å². The highest BCUT2D eigenvalue weighted by Crippen LogP contribution is 2.17. The zero-order valence-electron chi connectivity index (χ0n) is 11.8. The van der Waals surface area contributed by atoms with Gasteiger partial charge >= 0.3 is 0 Å². The molecule has 4 heteroatoms. The van der Waals surface area contributed by atoms with E-state index in [9.17, 15) is 4.79 Å². The van der Waals surface area contributed by atoms with Crippen LogP contribution in [0.2, 0.25) is 0 Å². The first-order valence-electron chi connectivity index (χ1n) is 6.14. The van der Waals surface area contributed by atoms with Gasteiger partial charge in [-0.2, -0.15) is 0 Å². The molecule has 1 aromatic carbocycles. The number of benzene rings is 1. The summed E-state index contributed by atoms with van der Waals surface area (Å²) in [4.78, 5) is 11.9. The fraction of sp³-hybridized carbons (Fsp3) is 0.500. The van der Waals surface area contributed by atoms with Gasteiger partial charge in [-0.3, -0.25) is 4.79 Å². The molecule has 0 aliphatic rings. The Morgan fingerprint density at radius 1 is 1.33 bits per heavy atom. The lowest BCUT2D eigenvalue weighted by Crippen LogP contribution is -2.47. The third kappa shape index (κ3) is 4.28. The molecule has 0 aliphatic heterocycles. The van der Waals surface area contributed by atoms with Gasteiger partial charge in [0.2, 0.25) is 5.91 Å². The molecule has 0 aliphatic carbocycles. The minimum atomic E-state index is -0.285. The first-order valence-corrected chi connectivity index (χ1v) is 6.14. The molecule has 1 aromatic rings. The van der Waals surface area contributed by atoms with Gasteiger partial charge in [-0.05, 0) is 58.4 Å². The first kappa shape index (κ1) is 14.4. The molecule has 1 unspecified atom stereocenters. The number of hydrogen-bond acceptors (Lipinski definition) is 3. The summed E-state index contributed by atoms with van der Waals surface area (Å²) in [5.74, 6) is -0.0167. The number of aryl methyl sites for hydroxylation is 1. The number of hydrogen-bond donors (Lipinski definition) is 3. The average molecular weight is 249 g/mol. The highest BCUT2D eigenvalue weighted by molar-refractivity contribution is 5.84. The number of carbonyl (C=O) groups is 1. The molecule has 0 fully saturated rings. The lowest BCUT2D eigenvalue weighted by Gasteiger charge is -2.24. The maximum Gasteiger partial charge on any atom is 0.242 e. The standard InChI is InChI=1S/C14H23N3O/c1-9-8-11(6-7-12(9)15)16-10(2)13(18)17-14(3,4)5/h6-8,10,16H,15H2,1-5H3,(H,17,18). The van der Waals surface area contributed by atoms with Gasteiger partial charge in [0.25, 0.3) is 0 Å². The van der Waals surface area contributed by atoms with Crippen molar-refractivity contribution in [2.45, 2.75) is 46.2 Å². The zero-order valence-corrected chi connectivity index (χ0v) is 11.8. The van der Waals surface area contributed by atoms with E-state index in [0.717, 1.165) is 16.9 Å². The molecule has 0 saturated carbocycles. The number of amides is 1. The quantitative estimate of drug-likeness (QED) is 0.720. The number of nitrogen functional groups attached to an aromatic ring is 1. The molecule has 0 aromatic heterocycles. The zero-order chi connectivity index (χ0) is 13.9. The van der Waals surface area contributed by atoms with Crippen molar-refractivity contribution < 1.29 is 4.79 Å². The molecule has 18 heavy (non-hydrogen) atoms. The van der Waals surface area contributed by atoms with Crippen LogP contribution in [0.1, 0.15) is 33.3 Å². The second kappa shape index (κ2) is 5.29. The van der Waals surface area contributed by atoms with E-state index in [4.69, 9.17) is 5.73 Å². The molecule has 1 amide bonds. The van der Waals surface area contributed by atoms with Crippen LogP contribution < -0.4 is 16.4 Å².